The number of sulfonamides is 1. The van der Waals surface area contributed by atoms with Crippen LogP contribution in [0.4, 0.5) is 0 Å². The second kappa shape index (κ2) is 2.82. The molecule has 0 amide bonds. The van der Waals surface area contributed by atoms with E-state index in [4.69, 9.17) is 0 Å². The Labute approximate surface area is 78.0 Å². The van der Waals surface area contributed by atoms with E-state index in [-0.39, 0.29) is 0 Å². The molecule has 0 N–H and O–H groups in total. The lowest BCUT2D eigenvalue weighted by molar-refractivity contribution is 0.457. The van der Waals surface area contributed by atoms with Crippen molar-refractivity contribution in [2.45, 2.75) is 11.3 Å². The van der Waals surface area contributed by atoms with Crippen molar-refractivity contribution < 1.29 is 8.42 Å². The van der Waals surface area contributed by atoms with Gasteiger partial charge in [0.15, 0.2) is 0 Å². The van der Waals surface area contributed by atoms with Crippen LogP contribution in [0, 0.1) is 0 Å². The number of rotatable bonds is 0. The van der Waals surface area contributed by atoms with E-state index in [0.29, 0.717) is 11.4 Å². The Morgan fingerprint density at radius 2 is 2.00 bits per heavy atom. The molecular formula is C9H11NO2S. The third-order valence-electron chi connectivity index (χ3n) is 2.36. The first kappa shape index (κ1) is 8.72. The van der Waals surface area contributed by atoms with Crippen LogP contribution in [0.25, 0.3) is 0 Å². The first-order valence-corrected chi connectivity index (χ1v) is 5.60. The summed E-state index contributed by atoms with van der Waals surface area (Å²) in [6, 6.07) is 7.18. The molecule has 1 aromatic rings. The van der Waals surface area contributed by atoms with Crippen LogP contribution in [0.3, 0.4) is 0 Å². The van der Waals surface area contributed by atoms with Gasteiger partial charge in [0.25, 0.3) is 0 Å². The summed E-state index contributed by atoms with van der Waals surface area (Å²) >= 11 is 0. The molecule has 1 heterocycles. The van der Waals surface area contributed by atoms with Gasteiger partial charge in [-0.05, 0) is 18.1 Å². The molecule has 0 bridgehead atoms. The van der Waals surface area contributed by atoms with Crippen LogP contribution in [-0.4, -0.2) is 26.3 Å². The molecule has 13 heavy (non-hydrogen) atoms. The van der Waals surface area contributed by atoms with E-state index in [0.717, 1.165) is 12.0 Å². The third-order valence-corrected chi connectivity index (χ3v) is 4.31. The third kappa shape index (κ3) is 1.26. The van der Waals surface area contributed by atoms with Gasteiger partial charge in [-0.15, -0.1) is 0 Å². The van der Waals surface area contributed by atoms with Crippen molar-refractivity contribution in [2.75, 3.05) is 13.6 Å². The molecule has 0 aliphatic carbocycles. The van der Waals surface area contributed by atoms with E-state index in [1.807, 2.05) is 12.1 Å². The standard InChI is InChI=1S/C9H11NO2S/c1-10-7-6-8-4-2-3-5-9(8)13(10,11)12/h2-5H,6-7H2,1H3. The molecule has 2 rings (SSSR count). The fourth-order valence-corrected chi connectivity index (χ4v) is 2.95. The monoisotopic (exact) mass is 197 g/mol. The fourth-order valence-electron chi connectivity index (χ4n) is 1.53. The Bertz CT molecular complexity index is 425. The Kier molecular flexibility index (Phi) is 1.89. The second-order valence-corrected chi connectivity index (χ2v) is 5.20. The Hall–Kier alpha value is -0.870. The van der Waals surface area contributed by atoms with E-state index in [2.05, 4.69) is 0 Å². The summed E-state index contributed by atoms with van der Waals surface area (Å²) in [7, 11) is -1.57. The highest BCUT2D eigenvalue weighted by Gasteiger charge is 2.27. The Balaban J connectivity index is 2.66. The first-order chi connectivity index (χ1) is 6.12. The van der Waals surface area contributed by atoms with E-state index in [9.17, 15) is 8.42 Å². The Morgan fingerprint density at radius 1 is 1.31 bits per heavy atom. The SMILES string of the molecule is CN1CCc2ccccc2S1(=O)=O. The van der Waals surface area contributed by atoms with Crippen LogP contribution in [0.15, 0.2) is 29.2 Å². The number of likely N-dealkylation sites (N-methyl/N-ethyl adjacent to an activating group) is 1. The number of hydrogen-bond donors (Lipinski definition) is 0. The molecule has 0 saturated carbocycles. The van der Waals surface area contributed by atoms with Crippen LogP contribution >= 0.6 is 0 Å². The number of fused-ring (bicyclic) bond motifs is 1. The highest BCUT2D eigenvalue weighted by Crippen LogP contribution is 2.24. The smallest absolute Gasteiger partial charge is 0.207 e. The second-order valence-electron chi connectivity index (χ2n) is 3.18. The van der Waals surface area contributed by atoms with Gasteiger partial charge in [-0.25, -0.2) is 12.7 Å². The van der Waals surface area contributed by atoms with Crippen LogP contribution in [0.5, 0.6) is 0 Å². The minimum Gasteiger partial charge on any atom is -0.207 e. The van der Waals surface area contributed by atoms with E-state index in [1.165, 1.54) is 4.31 Å². The van der Waals surface area contributed by atoms with Gasteiger partial charge in [-0.3, -0.25) is 0 Å². The highest BCUT2D eigenvalue weighted by atomic mass is 32.2. The molecular weight excluding hydrogens is 186 g/mol. The maximum absolute atomic E-state index is 11.7. The highest BCUT2D eigenvalue weighted by molar-refractivity contribution is 7.89. The average Bonchev–Trinajstić information content (AvgIpc) is 2.13. The van der Waals surface area contributed by atoms with Gasteiger partial charge in [0, 0.05) is 13.6 Å². The summed E-state index contributed by atoms with van der Waals surface area (Å²) in [5.74, 6) is 0. The zero-order valence-electron chi connectivity index (χ0n) is 7.40. The van der Waals surface area contributed by atoms with Crippen molar-refractivity contribution >= 4 is 10.0 Å². The van der Waals surface area contributed by atoms with Crippen molar-refractivity contribution in [3.8, 4) is 0 Å². The fraction of sp³-hybridized carbons (Fsp3) is 0.333. The van der Waals surface area contributed by atoms with Gasteiger partial charge in [0.05, 0.1) is 4.90 Å². The first-order valence-electron chi connectivity index (χ1n) is 4.16. The van der Waals surface area contributed by atoms with E-state index in [1.54, 1.807) is 19.2 Å². The summed E-state index contributed by atoms with van der Waals surface area (Å²) in [5, 5.41) is 0. The molecule has 0 aromatic heterocycles. The molecule has 0 unspecified atom stereocenters. The summed E-state index contributed by atoms with van der Waals surface area (Å²) in [4.78, 5) is 0.462. The summed E-state index contributed by atoms with van der Waals surface area (Å²) < 4.78 is 24.9. The van der Waals surface area contributed by atoms with Gasteiger partial charge in [-0.1, -0.05) is 18.2 Å². The molecule has 0 radical (unpaired) electrons. The number of nitrogens with zero attached hydrogens (tertiary/aromatic N) is 1. The van der Waals surface area contributed by atoms with Crippen molar-refractivity contribution in [3.05, 3.63) is 29.8 Å². The molecule has 1 aliphatic rings. The molecule has 3 nitrogen and oxygen atoms in total. The van der Waals surface area contributed by atoms with Crippen LogP contribution in [0.1, 0.15) is 5.56 Å². The quantitative estimate of drug-likeness (QED) is 0.618. The normalized spacial score (nSPS) is 21.0. The molecule has 0 saturated heterocycles. The van der Waals surface area contributed by atoms with Crippen molar-refractivity contribution in [1.82, 2.24) is 4.31 Å². The van der Waals surface area contributed by atoms with Crippen molar-refractivity contribution in [3.63, 3.8) is 0 Å². The van der Waals surface area contributed by atoms with Crippen molar-refractivity contribution in [2.24, 2.45) is 0 Å². The average molecular weight is 197 g/mol. The zero-order chi connectivity index (χ0) is 9.47. The van der Waals surface area contributed by atoms with Gasteiger partial charge in [0.2, 0.25) is 10.0 Å². The molecule has 1 aromatic carbocycles. The lowest BCUT2D eigenvalue weighted by atomic mass is 10.1. The van der Waals surface area contributed by atoms with Crippen molar-refractivity contribution in [1.29, 1.82) is 0 Å². The van der Waals surface area contributed by atoms with E-state index >= 15 is 0 Å². The van der Waals surface area contributed by atoms with Gasteiger partial charge < -0.3 is 0 Å². The summed E-state index contributed by atoms with van der Waals surface area (Å²) in [5.41, 5.74) is 0.931. The van der Waals surface area contributed by atoms with Crippen LogP contribution < -0.4 is 0 Å². The van der Waals surface area contributed by atoms with Crippen LogP contribution in [0.2, 0.25) is 0 Å². The number of hydrogen-bond acceptors (Lipinski definition) is 2. The van der Waals surface area contributed by atoms with Gasteiger partial charge >= 0.3 is 0 Å². The lowest BCUT2D eigenvalue weighted by Gasteiger charge is -2.24. The molecule has 0 fully saturated rings. The molecule has 0 atom stereocenters. The van der Waals surface area contributed by atoms with Gasteiger partial charge in [0.1, 0.15) is 0 Å². The molecule has 4 heteroatoms. The maximum atomic E-state index is 11.7. The predicted molar refractivity (Wildman–Crippen MR) is 50.0 cm³/mol. The minimum atomic E-state index is -3.19. The topological polar surface area (TPSA) is 37.4 Å². The molecule has 1 aliphatic heterocycles. The lowest BCUT2D eigenvalue weighted by Crippen LogP contribution is -2.33. The summed E-state index contributed by atoms with van der Waals surface area (Å²) in [6.07, 6.45) is 0.811. The number of benzene rings is 1. The summed E-state index contributed by atoms with van der Waals surface area (Å²) in [6.45, 7) is 0.583. The minimum absolute atomic E-state index is 0.462. The molecule has 0 spiro atoms. The largest absolute Gasteiger partial charge is 0.243 e. The molecule has 70 valence electrons. The van der Waals surface area contributed by atoms with Crippen LogP contribution in [-0.2, 0) is 16.4 Å². The Morgan fingerprint density at radius 3 is 2.77 bits per heavy atom. The van der Waals surface area contributed by atoms with E-state index < -0.39 is 10.0 Å². The predicted octanol–water partition coefficient (Wildman–Crippen LogP) is 0.863. The van der Waals surface area contributed by atoms with Gasteiger partial charge in [-0.2, -0.15) is 0 Å². The maximum Gasteiger partial charge on any atom is 0.243 e. The zero-order valence-corrected chi connectivity index (χ0v) is 8.21.